The summed E-state index contributed by atoms with van der Waals surface area (Å²) < 4.78 is 13.0. The Bertz CT molecular complexity index is 526. The zero-order valence-corrected chi connectivity index (χ0v) is 13.3. The quantitative estimate of drug-likeness (QED) is 0.787. The number of benzene rings is 1. The van der Waals surface area contributed by atoms with Gasteiger partial charge in [-0.3, -0.25) is 9.59 Å². The lowest BCUT2D eigenvalue weighted by molar-refractivity contribution is -0.142. The third kappa shape index (κ3) is 4.98. The molecule has 0 spiro atoms. The highest BCUT2D eigenvalue weighted by Gasteiger charge is 2.27. The van der Waals surface area contributed by atoms with Crippen molar-refractivity contribution in [2.45, 2.75) is 33.4 Å². The number of nitrogens with one attached hydrogen (secondary N) is 1. The predicted octanol–water partition coefficient (Wildman–Crippen LogP) is 2.50. The maximum absolute atomic E-state index is 13.0. The van der Waals surface area contributed by atoms with Gasteiger partial charge >= 0.3 is 0 Å². The van der Waals surface area contributed by atoms with Crippen LogP contribution in [0, 0.1) is 11.7 Å². The van der Waals surface area contributed by atoms with Crippen LogP contribution in [0.15, 0.2) is 36.9 Å². The Morgan fingerprint density at radius 2 is 1.86 bits per heavy atom. The van der Waals surface area contributed by atoms with Crippen LogP contribution in [0.4, 0.5) is 4.39 Å². The average Bonchev–Trinajstić information content (AvgIpc) is 2.50. The normalized spacial score (nSPS) is 11.9. The lowest BCUT2D eigenvalue weighted by Crippen LogP contribution is -2.48. The van der Waals surface area contributed by atoms with Gasteiger partial charge in [-0.15, -0.1) is 6.58 Å². The van der Waals surface area contributed by atoms with Crippen molar-refractivity contribution in [3.05, 3.63) is 48.3 Å². The van der Waals surface area contributed by atoms with Crippen molar-refractivity contribution in [1.82, 2.24) is 10.2 Å². The minimum absolute atomic E-state index is 0.120. The number of rotatable bonds is 7. The topological polar surface area (TPSA) is 49.4 Å². The molecule has 1 atom stereocenters. The van der Waals surface area contributed by atoms with Crippen LogP contribution < -0.4 is 5.32 Å². The van der Waals surface area contributed by atoms with Crippen molar-refractivity contribution in [2.75, 3.05) is 6.54 Å². The highest BCUT2D eigenvalue weighted by Crippen LogP contribution is 2.13. The van der Waals surface area contributed by atoms with Crippen LogP contribution in [-0.2, 0) is 16.1 Å². The molecule has 0 aromatic heterocycles. The van der Waals surface area contributed by atoms with Gasteiger partial charge in [-0.05, 0) is 24.6 Å². The highest BCUT2D eigenvalue weighted by molar-refractivity contribution is 5.88. The van der Waals surface area contributed by atoms with Gasteiger partial charge in [0, 0.05) is 19.0 Å². The van der Waals surface area contributed by atoms with E-state index in [0.717, 1.165) is 5.56 Å². The molecular weight excluding hydrogens is 283 g/mol. The van der Waals surface area contributed by atoms with Crippen molar-refractivity contribution in [3.63, 3.8) is 0 Å². The molecule has 120 valence electrons. The van der Waals surface area contributed by atoms with Crippen LogP contribution >= 0.6 is 0 Å². The van der Waals surface area contributed by atoms with Crippen LogP contribution in [0.1, 0.15) is 26.3 Å². The minimum atomic E-state index is -0.611. The van der Waals surface area contributed by atoms with E-state index in [2.05, 4.69) is 11.9 Å². The van der Waals surface area contributed by atoms with Crippen LogP contribution in [0.25, 0.3) is 0 Å². The largest absolute Gasteiger partial charge is 0.351 e. The highest BCUT2D eigenvalue weighted by atomic mass is 19.1. The summed E-state index contributed by atoms with van der Waals surface area (Å²) in [6.45, 7) is 9.41. The third-order valence-electron chi connectivity index (χ3n) is 3.31. The molecule has 0 radical (unpaired) electrons. The second-order valence-electron chi connectivity index (χ2n) is 5.46. The Labute approximate surface area is 131 Å². The molecule has 0 bridgehead atoms. The first-order valence-corrected chi connectivity index (χ1v) is 7.30. The molecule has 0 aliphatic carbocycles. The van der Waals surface area contributed by atoms with E-state index >= 15 is 0 Å². The van der Waals surface area contributed by atoms with Crippen LogP contribution in [-0.4, -0.2) is 29.3 Å². The van der Waals surface area contributed by atoms with Gasteiger partial charge in [0.2, 0.25) is 11.8 Å². The smallest absolute Gasteiger partial charge is 0.242 e. The molecule has 0 aliphatic rings. The molecular formula is C17H23FN2O2. The Morgan fingerprint density at radius 1 is 1.27 bits per heavy atom. The number of halogens is 1. The molecule has 2 amide bonds. The van der Waals surface area contributed by atoms with E-state index in [1.54, 1.807) is 39.0 Å². The Morgan fingerprint density at radius 3 is 2.36 bits per heavy atom. The molecule has 0 saturated carbocycles. The fraction of sp³-hybridized carbons (Fsp3) is 0.412. The summed E-state index contributed by atoms with van der Waals surface area (Å²) in [5.41, 5.74) is 0.777. The Kier molecular flexibility index (Phi) is 6.76. The number of hydrogen-bond donors (Lipinski definition) is 1. The molecule has 0 unspecified atom stereocenters. The first-order chi connectivity index (χ1) is 10.4. The lowest BCUT2D eigenvalue weighted by Gasteiger charge is -2.30. The SMILES string of the molecule is C=CCNC(=O)[C@H](C)N(Cc1ccc(F)cc1)C(=O)C(C)C. The standard InChI is InChI=1S/C17H23FN2O2/c1-5-10-19-16(21)13(4)20(17(22)12(2)3)11-14-6-8-15(18)9-7-14/h5-9,12-13H,1,10-11H2,2-4H3,(H,19,21)/t13-/m0/s1. The summed E-state index contributed by atoms with van der Waals surface area (Å²) in [4.78, 5) is 26.0. The molecule has 0 fully saturated rings. The van der Waals surface area contributed by atoms with Crippen LogP contribution in [0.5, 0.6) is 0 Å². The first kappa shape index (κ1) is 17.9. The number of nitrogens with zero attached hydrogens (tertiary/aromatic N) is 1. The maximum atomic E-state index is 13.0. The third-order valence-corrected chi connectivity index (χ3v) is 3.31. The number of hydrogen-bond acceptors (Lipinski definition) is 2. The Hall–Kier alpha value is -2.17. The van der Waals surface area contributed by atoms with Gasteiger partial charge in [-0.25, -0.2) is 4.39 Å². The van der Waals surface area contributed by atoms with E-state index in [1.807, 2.05) is 0 Å². The van der Waals surface area contributed by atoms with Crippen LogP contribution in [0.2, 0.25) is 0 Å². The fourth-order valence-corrected chi connectivity index (χ4v) is 1.99. The monoisotopic (exact) mass is 306 g/mol. The van der Waals surface area contributed by atoms with Crippen molar-refractivity contribution >= 4 is 11.8 Å². The predicted molar refractivity (Wildman–Crippen MR) is 84.5 cm³/mol. The zero-order valence-electron chi connectivity index (χ0n) is 13.3. The van der Waals surface area contributed by atoms with Gasteiger partial charge in [0.05, 0.1) is 0 Å². The maximum Gasteiger partial charge on any atom is 0.242 e. The van der Waals surface area contributed by atoms with Crippen LogP contribution in [0.3, 0.4) is 0 Å². The van der Waals surface area contributed by atoms with E-state index in [-0.39, 0.29) is 30.1 Å². The molecule has 22 heavy (non-hydrogen) atoms. The lowest BCUT2D eigenvalue weighted by atomic mass is 10.1. The van der Waals surface area contributed by atoms with Gasteiger partial charge in [0.15, 0.2) is 0 Å². The van der Waals surface area contributed by atoms with E-state index in [1.165, 1.54) is 17.0 Å². The fourth-order valence-electron chi connectivity index (χ4n) is 1.99. The number of carbonyl (C=O) groups excluding carboxylic acids is 2. The molecule has 1 aromatic rings. The molecule has 1 N–H and O–H groups in total. The molecule has 0 saturated heterocycles. The molecule has 1 rings (SSSR count). The van der Waals surface area contributed by atoms with E-state index in [4.69, 9.17) is 0 Å². The summed E-state index contributed by atoms with van der Waals surface area (Å²) in [5, 5.41) is 2.69. The zero-order chi connectivity index (χ0) is 16.7. The van der Waals surface area contributed by atoms with E-state index in [0.29, 0.717) is 6.54 Å². The van der Waals surface area contributed by atoms with Gasteiger partial charge in [-0.2, -0.15) is 0 Å². The number of amides is 2. The van der Waals surface area contributed by atoms with Gasteiger partial charge in [-0.1, -0.05) is 32.1 Å². The van der Waals surface area contributed by atoms with E-state index in [9.17, 15) is 14.0 Å². The molecule has 4 nitrogen and oxygen atoms in total. The molecule has 1 aromatic carbocycles. The number of carbonyl (C=O) groups is 2. The minimum Gasteiger partial charge on any atom is -0.351 e. The van der Waals surface area contributed by atoms with Crippen molar-refractivity contribution < 1.29 is 14.0 Å². The second-order valence-corrected chi connectivity index (χ2v) is 5.46. The van der Waals surface area contributed by atoms with Crippen molar-refractivity contribution in [2.24, 2.45) is 5.92 Å². The summed E-state index contributed by atoms with van der Waals surface area (Å²) in [5.74, 6) is -0.918. The van der Waals surface area contributed by atoms with Gasteiger partial charge in [0.25, 0.3) is 0 Å². The van der Waals surface area contributed by atoms with Crippen molar-refractivity contribution in [3.8, 4) is 0 Å². The van der Waals surface area contributed by atoms with Gasteiger partial charge < -0.3 is 10.2 Å². The summed E-state index contributed by atoms with van der Waals surface area (Å²) in [7, 11) is 0. The average molecular weight is 306 g/mol. The van der Waals surface area contributed by atoms with Crippen molar-refractivity contribution in [1.29, 1.82) is 0 Å². The first-order valence-electron chi connectivity index (χ1n) is 7.30. The molecule has 0 heterocycles. The van der Waals surface area contributed by atoms with Gasteiger partial charge in [0.1, 0.15) is 11.9 Å². The Balaban J connectivity index is 2.92. The molecule has 0 aliphatic heterocycles. The summed E-state index contributed by atoms with van der Waals surface area (Å²) >= 11 is 0. The summed E-state index contributed by atoms with van der Waals surface area (Å²) in [6.07, 6.45) is 1.58. The van der Waals surface area contributed by atoms with E-state index < -0.39 is 6.04 Å². The molecule has 5 heteroatoms. The second kappa shape index (κ2) is 8.32. The summed E-state index contributed by atoms with van der Waals surface area (Å²) in [6, 6.07) is 5.31.